The first-order valence-corrected chi connectivity index (χ1v) is 8.39. The number of amidine groups is 1. The number of hydrogen-bond acceptors (Lipinski definition) is 4. The number of thioether (sulfide) groups is 1. The van der Waals surface area contributed by atoms with Crippen molar-refractivity contribution in [1.29, 1.82) is 0 Å². The Morgan fingerprint density at radius 3 is 2.78 bits per heavy atom. The van der Waals surface area contributed by atoms with Crippen LogP contribution in [0.25, 0.3) is 0 Å². The molecule has 1 heterocycles. The maximum atomic E-state index is 13.0. The Balaban J connectivity index is 1.78. The Labute approximate surface area is 138 Å². The molecule has 6 heteroatoms. The smallest absolute Gasteiger partial charge is 0.323 e. The van der Waals surface area contributed by atoms with Gasteiger partial charge in [-0.3, -0.25) is 4.79 Å². The number of aliphatic carboxylic acids is 1. The predicted molar refractivity (Wildman–Crippen MR) is 89.5 cm³/mol. The second-order valence-corrected chi connectivity index (χ2v) is 6.46. The predicted octanol–water partition coefficient (Wildman–Crippen LogP) is 3.77. The fourth-order valence-electron chi connectivity index (χ4n) is 2.83. The van der Waals surface area contributed by atoms with Gasteiger partial charge in [0.05, 0.1) is 5.70 Å². The average molecular weight is 332 g/mol. The van der Waals surface area contributed by atoms with Crippen LogP contribution in [0.1, 0.15) is 24.8 Å². The average Bonchev–Trinajstić information content (AvgIpc) is 3.00. The number of allylic oxidation sites excluding steroid dienone is 2. The summed E-state index contributed by atoms with van der Waals surface area (Å²) in [4.78, 5) is 17.5. The van der Waals surface area contributed by atoms with Crippen molar-refractivity contribution in [2.75, 3.05) is 6.54 Å². The van der Waals surface area contributed by atoms with E-state index in [2.05, 4.69) is 11.6 Å². The molecule has 0 atom stereocenters. The molecule has 0 bridgehead atoms. The van der Waals surface area contributed by atoms with Gasteiger partial charge >= 0.3 is 5.97 Å². The van der Waals surface area contributed by atoms with Gasteiger partial charge in [0, 0.05) is 11.4 Å². The normalized spacial score (nSPS) is 17.3. The van der Waals surface area contributed by atoms with E-state index in [0.717, 1.165) is 41.8 Å². The molecule has 1 N–H and O–H groups in total. The molecule has 0 unspecified atom stereocenters. The number of halogens is 1. The van der Waals surface area contributed by atoms with Crippen LogP contribution in [0.2, 0.25) is 0 Å². The molecule has 1 aromatic rings. The van der Waals surface area contributed by atoms with E-state index in [1.807, 2.05) is 0 Å². The summed E-state index contributed by atoms with van der Waals surface area (Å²) in [6.07, 6.45) is 2.77. The summed E-state index contributed by atoms with van der Waals surface area (Å²) in [6.45, 7) is 3.91. The number of rotatable bonds is 4. The molecule has 0 aromatic heterocycles. The number of hydrogen-bond donors (Lipinski definition) is 1. The van der Waals surface area contributed by atoms with E-state index in [0.29, 0.717) is 10.9 Å². The van der Waals surface area contributed by atoms with Crippen LogP contribution in [0.5, 0.6) is 0 Å². The van der Waals surface area contributed by atoms with Crippen molar-refractivity contribution in [1.82, 2.24) is 4.90 Å². The molecule has 1 aliphatic carbocycles. The van der Waals surface area contributed by atoms with Gasteiger partial charge in [-0.1, -0.05) is 30.5 Å². The van der Waals surface area contributed by atoms with Gasteiger partial charge in [-0.15, -0.1) is 0 Å². The minimum atomic E-state index is -0.883. The highest BCUT2D eigenvalue weighted by Gasteiger charge is 2.30. The summed E-state index contributed by atoms with van der Waals surface area (Å²) in [5, 5.41) is 9.85. The van der Waals surface area contributed by atoms with Gasteiger partial charge in [0.1, 0.15) is 12.4 Å². The van der Waals surface area contributed by atoms with Crippen LogP contribution in [0.3, 0.4) is 0 Å². The number of carboxylic acid groups (broad SMARTS) is 1. The fourth-order valence-corrected chi connectivity index (χ4v) is 3.83. The molecule has 3 rings (SSSR count). The van der Waals surface area contributed by atoms with Crippen molar-refractivity contribution < 1.29 is 14.3 Å². The van der Waals surface area contributed by atoms with E-state index in [9.17, 15) is 14.3 Å². The van der Waals surface area contributed by atoms with Gasteiger partial charge in [-0.25, -0.2) is 9.38 Å². The molecule has 23 heavy (non-hydrogen) atoms. The van der Waals surface area contributed by atoms with Crippen molar-refractivity contribution >= 4 is 22.9 Å². The molecule has 0 amide bonds. The Morgan fingerprint density at radius 1 is 1.35 bits per heavy atom. The molecular formula is C17H17FN2O2S. The fraction of sp³-hybridized carbons (Fsp3) is 0.294. The maximum absolute atomic E-state index is 13.0. The molecule has 2 aliphatic rings. The third kappa shape index (κ3) is 3.47. The molecule has 0 saturated carbocycles. The monoisotopic (exact) mass is 332 g/mol. The first-order chi connectivity index (χ1) is 11.0. The summed E-state index contributed by atoms with van der Waals surface area (Å²) in [7, 11) is 0. The lowest BCUT2D eigenvalue weighted by atomic mass is 10.1. The van der Waals surface area contributed by atoms with Crippen molar-refractivity contribution in [3.05, 3.63) is 59.2 Å². The minimum Gasteiger partial charge on any atom is -0.480 e. The number of carbonyl (C=O) groups is 1. The Hall–Kier alpha value is -2.08. The van der Waals surface area contributed by atoms with Gasteiger partial charge in [-0.05, 0) is 42.5 Å². The third-order valence-corrected chi connectivity index (χ3v) is 4.95. The van der Waals surface area contributed by atoms with Gasteiger partial charge < -0.3 is 10.0 Å². The molecule has 0 saturated heterocycles. The zero-order valence-electron chi connectivity index (χ0n) is 12.6. The molecule has 4 nitrogen and oxygen atoms in total. The standard InChI is InChI=1S/C17H17FN2O2S/c1-11-14-3-2-4-15(14)20(9-16(21)22)17(19-11)23-10-12-5-7-13(18)8-6-12/h5-8H,1-4,9-10H2,(H,21,22). The number of carboxylic acids is 1. The van der Waals surface area contributed by atoms with Crippen molar-refractivity contribution in [3.8, 4) is 0 Å². The molecule has 1 aliphatic heterocycles. The van der Waals surface area contributed by atoms with E-state index < -0.39 is 5.97 Å². The van der Waals surface area contributed by atoms with Crippen LogP contribution in [0, 0.1) is 5.82 Å². The Kier molecular flexibility index (Phi) is 4.52. The van der Waals surface area contributed by atoms with E-state index in [1.165, 1.54) is 23.9 Å². The lowest BCUT2D eigenvalue weighted by Crippen LogP contribution is -2.35. The first kappa shape index (κ1) is 15.8. The molecule has 0 spiro atoms. The van der Waals surface area contributed by atoms with E-state index in [-0.39, 0.29) is 12.4 Å². The lowest BCUT2D eigenvalue weighted by molar-refractivity contribution is -0.137. The highest BCUT2D eigenvalue weighted by Crippen LogP contribution is 2.38. The second-order valence-electron chi connectivity index (χ2n) is 5.51. The molecule has 0 radical (unpaired) electrons. The maximum Gasteiger partial charge on any atom is 0.323 e. The van der Waals surface area contributed by atoms with Crippen LogP contribution in [-0.2, 0) is 10.5 Å². The van der Waals surface area contributed by atoms with Crippen LogP contribution in [0.15, 0.2) is 52.8 Å². The highest BCUT2D eigenvalue weighted by molar-refractivity contribution is 8.13. The second kappa shape index (κ2) is 6.58. The summed E-state index contributed by atoms with van der Waals surface area (Å²) in [6, 6.07) is 6.29. The van der Waals surface area contributed by atoms with Crippen LogP contribution < -0.4 is 0 Å². The molecule has 1 aromatic carbocycles. The molecule has 0 fully saturated rings. The number of benzene rings is 1. The minimum absolute atomic E-state index is 0.0959. The molecular weight excluding hydrogens is 315 g/mol. The van der Waals surface area contributed by atoms with Crippen molar-refractivity contribution in [2.45, 2.75) is 25.0 Å². The van der Waals surface area contributed by atoms with Crippen LogP contribution >= 0.6 is 11.8 Å². The quantitative estimate of drug-likeness (QED) is 0.912. The zero-order chi connectivity index (χ0) is 16.4. The zero-order valence-corrected chi connectivity index (χ0v) is 13.4. The van der Waals surface area contributed by atoms with E-state index in [1.54, 1.807) is 17.0 Å². The number of aliphatic imine (C=N–C) groups is 1. The van der Waals surface area contributed by atoms with Gasteiger partial charge in [0.2, 0.25) is 0 Å². The lowest BCUT2D eigenvalue weighted by Gasteiger charge is -2.30. The van der Waals surface area contributed by atoms with E-state index in [4.69, 9.17) is 0 Å². The van der Waals surface area contributed by atoms with Gasteiger partial charge in [-0.2, -0.15) is 0 Å². The highest BCUT2D eigenvalue weighted by atomic mass is 32.2. The SMILES string of the molecule is C=C1N=C(SCc2ccc(F)cc2)N(CC(=O)O)C2=C1CCC2. The van der Waals surface area contributed by atoms with Crippen molar-refractivity contribution in [2.24, 2.45) is 4.99 Å². The van der Waals surface area contributed by atoms with Gasteiger partial charge in [0.25, 0.3) is 0 Å². The van der Waals surface area contributed by atoms with Crippen LogP contribution in [-0.4, -0.2) is 27.7 Å². The summed E-state index contributed by atoms with van der Waals surface area (Å²) < 4.78 is 13.0. The van der Waals surface area contributed by atoms with E-state index >= 15 is 0 Å². The van der Waals surface area contributed by atoms with Gasteiger partial charge in [0.15, 0.2) is 5.17 Å². The van der Waals surface area contributed by atoms with Crippen LogP contribution in [0.4, 0.5) is 4.39 Å². The Morgan fingerprint density at radius 2 is 2.09 bits per heavy atom. The largest absolute Gasteiger partial charge is 0.480 e. The summed E-state index contributed by atoms with van der Waals surface area (Å²) in [5.74, 6) is -0.549. The Bertz CT molecular complexity index is 710. The summed E-state index contributed by atoms with van der Waals surface area (Å²) >= 11 is 1.45. The number of nitrogens with zero attached hydrogens (tertiary/aromatic N) is 2. The van der Waals surface area contributed by atoms with Crippen molar-refractivity contribution in [3.63, 3.8) is 0 Å². The third-order valence-electron chi connectivity index (χ3n) is 3.90. The molecule has 120 valence electrons. The topological polar surface area (TPSA) is 52.9 Å². The first-order valence-electron chi connectivity index (χ1n) is 7.41. The summed E-state index contributed by atoms with van der Waals surface area (Å²) in [5.41, 5.74) is 3.82.